The van der Waals surface area contributed by atoms with Crippen molar-refractivity contribution in [3.63, 3.8) is 0 Å². The molecule has 0 aromatic heterocycles. The molecule has 1 saturated heterocycles. The number of rotatable bonds is 5. The summed E-state index contributed by atoms with van der Waals surface area (Å²) in [4.78, 5) is 6.98. The Hall–Kier alpha value is -1.95. The molecule has 28 heavy (non-hydrogen) atoms. The topological polar surface area (TPSA) is 58.1 Å². The molecule has 2 aliphatic heterocycles. The van der Waals surface area contributed by atoms with E-state index in [1.807, 2.05) is 13.1 Å². The number of benzene rings is 1. The van der Waals surface area contributed by atoms with E-state index < -0.39 is 0 Å². The van der Waals surface area contributed by atoms with Crippen molar-refractivity contribution >= 4 is 5.96 Å². The van der Waals surface area contributed by atoms with Crippen molar-refractivity contribution < 1.29 is 9.47 Å². The molecule has 1 aromatic rings. The summed E-state index contributed by atoms with van der Waals surface area (Å²) in [6.45, 7) is 13.3. The minimum atomic E-state index is -0.0610. The van der Waals surface area contributed by atoms with Crippen LogP contribution < -0.4 is 20.1 Å². The number of fused-ring (bicyclic) bond motifs is 1. The molecule has 6 nitrogen and oxygen atoms in total. The molecule has 0 radical (unpaired) electrons. The smallest absolute Gasteiger partial charge is 0.191 e. The summed E-state index contributed by atoms with van der Waals surface area (Å²) in [6.07, 6.45) is 2.31. The van der Waals surface area contributed by atoms with Gasteiger partial charge >= 0.3 is 0 Å². The summed E-state index contributed by atoms with van der Waals surface area (Å²) in [6, 6.07) is 7.37. The molecule has 1 fully saturated rings. The van der Waals surface area contributed by atoms with Gasteiger partial charge in [-0.1, -0.05) is 19.9 Å². The third kappa shape index (κ3) is 5.10. The maximum Gasteiger partial charge on any atom is 0.191 e. The van der Waals surface area contributed by atoms with Gasteiger partial charge in [0.1, 0.15) is 13.2 Å². The Morgan fingerprint density at radius 3 is 2.50 bits per heavy atom. The van der Waals surface area contributed by atoms with Gasteiger partial charge < -0.3 is 25.0 Å². The van der Waals surface area contributed by atoms with E-state index in [4.69, 9.17) is 9.47 Å². The fourth-order valence-corrected chi connectivity index (χ4v) is 3.82. The van der Waals surface area contributed by atoms with Crippen LogP contribution in [-0.2, 0) is 5.41 Å². The van der Waals surface area contributed by atoms with Crippen molar-refractivity contribution in [2.24, 2.45) is 4.99 Å². The van der Waals surface area contributed by atoms with E-state index in [2.05, 4.69) is 60.4 Å². The van der Waals surface area contributed by atoms with Gasteiger partial charge in [-0.15, -0.1) is 0 Å². The molecule has 0 bridgehead atoms. The highest BCUT2D eigenvalue weighted by Crippen LogP contribution is 2.34. The average Bonchev–Trinajstić information content (AvgIpc) is 2.71. The summed E-state index contributed by atoms with van der Waals surface area (Å²) < 4.78 is 11.4. The first-order valence-electron chi connectivity index (χ1n) is 10.5. The number of hydrogen-bond donors (Lipinski definition) is 2. The molecule has 0 spiro atoms. The SMILES string of the molecule is CN=C(NCC(C)(C)c1ccc2c(c1)OCCO2)NC1CCN(C(C)C)CC1. The fraction of sp³-hybridized carbons (Fsp3) is 0.682. The van der Waals surface area contributed by atoms with Gasteiger partial charge in [-0.05, 0) is 44.4 Å². The van der Waals surface area contributed by atoms with E-state index in [1.165, 1.54) is 5.56 Å². The first-order valence-corrected chi connectivity index (χ1v) is 10.5. The minimum Gasteiger partial charge on any atom is -0.486 e. The maximum atomic E-state index is 5.75. The summed E-state index contributed by atoms with van der Waals surface area (Å²) in [5.41, 5.74) is 1.17. The number of ether oxygens (including phenoxy) is 2. The molecule has 2 heterocycles. The fourth-order valence-electron chi connectivity index (χ4n) is 3.82. The predicted octanol–water partition coefficient (Wildman–Crippen LogP) is 2.77. The first kappa shape index (κ1) is 20.8. The standard InChI is InChI=1S/C22H36N4O2/c1-16(2)26-10-8-18(9-11-26)25-21(23-5)24-15-22(3,4)17-6-7-19-20(14-17)28-13-12-27-19/h6-7,14,16,18H,8-13,15H2,1-5H3,(H2,23,24,25). The Morgan fingerprint density at radius 1 is 1.18 bits per heavy atom. The Balaban J connectivity index is 1.54. The maximum absolute atomic E-state index is 5.75. The lowest BCUT2D eigenvalue weighted by Gasteiger charge is -2.35. The summed E-state index contributed by atoms with van der Waals surface area (Å²) in [5.74, 6) is 2.56. The Morgan fingerprint density at radius 2 is 1.86 bits per heavy atom. The van der Waals surface area contributed by atoms with Crippen LogP contribution in [0.1, 0.15) is 46.1 Å². The van der Waals surface area contributed by atoms with Crippen molar-refractivity contribution in [1.29, 1.82) is 0 Å². The number of nitrogens with one attached hydrogen (secondary N) is 2. The van der Waals surface area contributed by atoms with Gasteiger partial charge in [-0.3, -0.25) is 4.99 Å². The van der Waals surface area contributed by atoms with Crippen LogP contribution in [0, 0.1) is 0 Å². The quantitative estimate of drug-likeness (QED) is 0.600. The lowest BCUT2D eigenvalue weighted by molar-refractivity contribution is 0.167. The molecule has 0 atom stereocenters. The zero-order valence-corrected chi connectivity index (χ0v) is 18.0. The second kappa shape index (κ2) is 9.03. The lowest BCUT2D eigenvalue weighted by Crippen LogP contribution is -2.51. The van der Waals surface area contributed by atoms with Crippen molar-refractivity contribution in [3.8, 4) is 11.5 Å². The summed E-state index contributed by atoms with van der Waals surface area (Å²) in [7, 11) is 1.84. The predicted molar refractivity (Wildman–Crippen MR) is 115 cm³/mol. The van der Waals surface area contributed by atoms with Crippen LogP contribution >= 0.6 is 0 Å². The van der Waals surface area contributed by atoms with Crippen LogP contribution in [-0.4, -0.2) is 62.8 Å². The van der Waals surface area contributed by atoms with Crippen molar-refractivity contribution in [2.75, 3.05) is 39.9 Å². The van der Waals surface area contributed by atoms with Gasteiger partial charge in [0.25, 0.3) is 0 Å². The molecule has 0 aliphatic carbocycles. The average molecular weight is 389 g/mol. The molecule has 156 valence electrons. The molecule has 0 unspecified atom stereocenters. The molecule has 6 heteroatoms. The molecule has 3 rings (SSSR count). The number of likely N-dealkylation sites (tertiary alicyclic amines) is 1. The van der Waals surface area contributed by atoms with E-state index in [-0.39, 0.29) is 5.41 Å². The van der Waals surface area contributed by atoms with Crippen molar-refractivity contribution in [1.82, 2.24) is 15.5 Å². The van der Waals surface area contributed by atoms with Crippen LogP contribution in [0.15, 0.2) is 23.2 Å². The van der Waals surface area contributed by atoms with Crippen LogP contribution in [0.5, 0.6) is 11.5 Å². The second-order valence-electron chi connectivity index (χ2n) is 8.72. The monoisotopic (exact) mass is 388 g/mol. The van der Waals surface area contributed by atoms with Gasteiger partial charge in [0, 0.05) is 44.2 Å². The number of hydrogen-bond acceptors (Lipinski definition) is 4. The van der Waals surface area contributed by atoms with Gasteiger partial charge in [-0.25, -0.2) is 0 Å². The largest absolute Gasteiger partial charge is 0.486 e. The molecule has 0 amide bonds. The third-order valence-corrected chi connectivity index (χ3v) is 5.85. The van der Waals surface area contributed by atoms with Crippen molar-refractivity contribution in [2.45, 2.75) is 58.0 Å². The zero-order valence-electron chi connectivity index (χ0n) is 18.0. The van der Waals surface area contributed by atoms with E-state index in [9.17, 15) is 0 Å². The Labute approximate surface area is 169 Å². The van der Waals surface area contributed by atoms with Crippen molar-refractivity contribution in [3.05, 3.63) is 23.8 Å². The van der Waals surface area contributed by atoms with Gasteiger partial charge in [0.15, 0.2) is 17.5 Å². The van der Waals surface area contributed by atoms with E-state index in [1.54, 1.807) is 0 Å². The second-order valence-corrected chi connectivity index (χ2v) is 8.72. The molecule has 2 N–H and O–H groups in total. The normalized spacial score (nSPS) is 19.0. The first-order chi connectivity index (χ1) is 13.4. The van der Waals surface area contributed by atoms with Gasteiger partial charge in [-0.2, -0.15) is 0 Å². The van der Waals surface area contributed by atoms with E-state index in [0.29, 0.717) is 25.3 Å². The summed E-state index contributed by atoms with van der Waals surface area (Å²) in [5, 5.41) is 7.13. The Kier molecular flexibility index (Phi) is 6.70. The Bertz CT molecular complexity index is 679. The van der Waals surface area contributed by atoms with Crippen LogP contribution in [0.3, 0.4) is 0 Å². The lowest BCUT2D eigenvalue weighted by atomic mass is 9.84. The molecule has 0 saturated carbocycles. The van der Waals surface area contributed by atoms with Crippen LogP contribution in [0.4, 0.5) is 0 Å². The van der Waals surface area contributed by atoms with E-state index in [0.717, 1.165) is 49.9 Å². The highest BCUT2D eigenvalue weighted by Gasteiger charge is 2.25. The number of piperidine rings is 1. The highest BCUT2D eigenvalue weighted by molar-refractivity contribution is 5.80. The van der Waals surface area contributed by atoms with E-state index >= 15 is 0 Å². The summed E-state index contributed by atoms with van der Waals surface area (Å²) >= 11 is 0. The van der Waals surface area contributed by atoms with Gasteiger partial charge in [0.05, 0.1) is 0 Å². The third-order valence-electron chi connectivity index (χ3n) is 5.85. The zero-order chi connectivity index (χ0) is 20.1. The molecule has 1 aromatic carbocycles. The minimum absolute atomic E-state index is 0.0610. The molecule has 2 aliphatic rings. The number of nitrogens with zero attached hydrogens (tertiary/aromatic N) is 2. The highest BCUT2D eigenvalue weighted by atomic mass is 16.6. The van der Waals surface area contributed by atoms with Gasteiger partial charge in [0.2, 0.25) is 0 Å². The molecular weight excluding hydrogens is 352 g/mol. The van der Waals surface area contributed by atoms with Crippen LogP contribution in [0.25, 0.3) is 0 Å². The molecular formula is C22H36N4O2. The van der Waals surface area contributed by atoms with Crippen LogP contribution in [0.2, 0.25) is 0 Å². The number of guanidine groups is 1. The number of aliphatic imine (C=N–C) groups is 1.